The van der Waals surface area contributed by atoms with Gasteiger partial charge in [0.05, 0.1) is 13.2 Å². The highest BCUT2D eigenvalue weighted by Gasteiger charge is 2.07. The van der Waals surface area contributed by atoms with Crippen LogP contribution in [0.5, 0.6) is 11.6 Å². The van der Waals surface area contributed by atoms with Crippen LogP contribution >= 0.6 is 11.6 Å². The Morgan fingerprint density at radius 2 is 2.00 bits per heavy atom. The topological polar surface area (TPSA) is 77.0 Å². The van der Waals surface area contributed by atoms with E-state index in [1.807, 2.05) is 13.0 Å². The highest BCUT2D eigenvalue weighted by molar-refractivity contribution is 6.31. The number of aliphatic imine (C=N–C) groups is 1. The Bertz CT molecular complexity index is 786. The number of halogens is 1. The average molecular weight is 421 g/mol. The van der Waals surface area contributed by atoms with Crippen LogP contribution in [0.2, 0.25) is 5.02 Å². The van der Waals surface area contributed by atoms with Gasteiger partial charge in [-0.25, -0.2) is 4.98 Å². The van der Waals surface area contributed by atoms with Crippen molar-refractivity contribution in [2.45, 2.75) is 19.9 Å². The molecule has 0 unspecified atom stereocenters. The van der Waals surface area contributed by atoms with E-state index in [4.69, 9.17) is 25.8 Å². The first kappa shape index (κ1) is 22.8. The molecule has 0 amide bonds. The summed E-state index contributed by atoms with van der Waals surface area (Å²) in [7, 11) is 3.42. The van der Waals surface area contributed by atoms with Crippen molar-refractivity contribution in [3.63, 3.8) is 0 Å². The average Bonchev–Trinajstić information content (AvgIpc) is 2.73. The largest absolute Gasteiger partial charge is 0.493 e. The predicted molar refractivity (Wildman–Crippen MR) is 116 cm³/mol. The lowest BCUT2D eigenvalue weighted by Crippen LogP contribution is -2.39. The molecule has 0 aliphatic rings. The summed E-state index contributed by atoms with van der Waals surface area (Å²) < 4.78 is 16.6. The first-order valence-corrected chi connectivity index (χ1v) is 9.91. The molecule has 0 aliphatic carbocycles. The second-order valence-electron chi connectivity index (χ2n) is 6.30. The van der Waals surface area contributed by atoms with E-state index in [2.05, 4.69) is 32.7 Å². The van der Waals surface area contributed by atoms with E-state index in [-0.39, 0.29) is 0 Å². The monoisotopic (exact) mass is 420 g/mol. The number of hydrogen-bond acceptors (Lipinski definition) is 5. The molecule has 2 rings (SSSR count). The van der Waals surface area contributed by atoms with Crippen molar-refractivity contribution in [1.29, 1.82) is 0 Å². The molecule has 0 aliphatic heterocycles. The van der Waals surface area contributed by atoms with Crippen molar-refractivity contribution < 1.29 is 14.2 Å². The number of aryl methyl sites for hydroxylation is 1. The number of ether oxygens (including phenoxy) is 3. The van der Waals surface area contributed by atoms with Crippen LogP contribution < -0.4 is 20.1 Å². The van der Waals surface area contributed by atoms with Crippen LogP contribution in [0, 0.1) is 6.92 Å². The van der Waals surface area contributed by atoms with Crippen LogP contribution in [0.25, 0.3) is 0 Å². The number of methoxy groups -OCH3 is 1. The molecule has 0 saturated carbocycles. The smallest absolute Gasteiger partial charge is 0.232 e. The Morgan fingerprint density at radius 3 is 2.76 bits per heavy atom. The summed E-state index contributed by atoms with van der Waals surface area (Å²) in [6.45, 7) is 4.91. The molecular formula is C21H29ClN4O3. The number of nitrogens with one attached hydrogen (secondary N) is 2. The van der Waals surface area contributed by atoms with Gasteiger partial charge in [-0.2, -0.15) is 0 Å². The fraction of sp³-hybridized carbons (Fsp3) is 0.429. The summed E-state index contributed by atoms with van der Waals surface area (Å²) in [6, 6.07) is 9.69. The van der Waals surface area contributed by atoms with Gasteiger partial charge in [0.1, 0.15) is 17.4 Å². The highest BCUT2D eigenvalue weighted by Crippen LogP contribution is 2.21. The van der Waals surface area contributed by atoms with Gasteiger partial charge >= 0.3 is 0 Å². The van der Waals surface area contributed by atoms with E-state index in [0.717, 1.165) is 23.3 Å². The van der Waals surface area contributed by atoms with Crippen LogP contribution in [0.1, 0.15) is 17.5 Å². The summed E-state index contributed by atoms with van der Waals surface area (Å²) in [5, 5.41) is 6.99. The van der Waals surface area contributed by atoms with E-state index in [1.165, 1.54) is 0 Å². The Labute approximate surface area is 177 Å². The van der Waals surface area contributed by atoms with E-state index in [9.17, 15) is 0 Å². The van der Waals surface area contributed by atoms with Crippen molar-refractivity contribution in [2.75, 3.05) is 40.5 Å². The van der Waals surface area contributed by atoms with Crippen molar-refractivity contribution in [2.24, 2.45) is 4.99 Å². The van der Waals surface area contributed by atoms with Gasteiger partial charge in [-0.15, -0.1) is 0 Å². The molecule has 2 N–H and O–H groups in total. The van der Waals surface area contributed by atoms with Crippen molar-refractivity contribution in [1.82, 2.24) is 15.6 Å². The number of hydrogen-bond donors (Lipinski definition) is 2. The van der Waals surface area contributed by atoms with E-state index in [0.29, 0.717) is 49.8 Å². The summed E-state index contributed by atoms with van der Waals surface area (Å²) in [5.74, 6) is 1.97. The lowest BCUT2D eigenvalue weighted by Gasteiger charge is -2.15. The molecule has 158 valence electrons. The molecule has 1 heterocycles. The maximum atomic E-state index is 6.03. The molecule has 0 fully saturated rings. The molecule has 1 aromatic heterocycles. The maximum Gasteiger partial charge on any atom is 0.232 e. The fourth-order valence-corrected chi connectivity index (χ4v) is 2.70. The predicted octanol–water partition coefficient (Wildman–Crippen LogP) is 3.20. The van der Waals surface area contributed by atoms with Crippen LogP contribution in [0.4, 0.5) is 0 Å². The standard InChI is InChI=1S/C21H29ClN4O3/c1-16-7-8-17(19(14-16)28-12-5-11-27-3)15-26-21(23-2)25-10-13-29-20-18(22)6-4-9-24-20/h4,6-9,14H,5,10-13,15H2,1-3H3,(H2,23,25,26). The van der Waals surface area contributed by atoms with E-state index < -0.39 is 0 Å². The summed E-state index contributed by atoms with van der Waals surface area (Å²) in [6.07, 6.45) is 2.49. The summed E-state index contributed by atoms with van der Waals surface area (Å²) in [5.41, 5.74) is 2.22. The van der Waals surface area contributed by atoms with Crippen molar-refractivity contribution >= 4 is 17.6 Å². The summed E-state index contributed by atoms with van der Waals surface area (Å²) >= 11 is 6.03. The van der Waals surface area contributed by atoms with Crippen molar-refractivity contribution in [3.05, 3.63) is 52.7 Å². The van der Waals surface area contributed by atoms with Gasteiger partial charge in [0.25, 0.3) is 0 Å². The minimum Gasteiger partial charge on any atom is -0.493 e. The Hall–Kier alpha value is -2.51. The lowest BCUT2D eigenvalue weighted by molar-refractivity contribution is 0.171. The van der Waals surface area contributed by atoms with Gasteiger partial charge in [-0.1, -0.05) is 23.7 Å². The fourth-order valence-electron chi connectivity index (χ4n) is 2.52. The normalized spacial score (nSPS) is 11.2. The Kier molecular flexibility index (Phi) is 10.1. The van der Waals surface area contributed by atoms with Crippen LogP contribution in [-0.4, -0.2) is 51.5 Å². The Morgan fingerprint density at radius 1 is 1.14 bits per heavy atom. The molecule has 1 aromatic carbocycles. The molecule has 0 bridgehead atoms. The zero-order valence-corrected chi connectivity index (χ0v) is 18.0. The zero-order valence-electron chi connectivity index (χ0n) is 17.2. The Balaban J connectivity index is 1.80. The van der Waals surface area contributed by atoms with Gasteiger partial charge in [0.15, 0.2) is 5.96 Å². The van der Waals surface area contributed by atoms with Crippen LogP contribution in [0.3, 0.4) is 0 Å². The first-order chi connectivity index (χ1) is 14.1. The minimum atomic E-state index is 0.413. The number of pyridine rings is 1. The second-order valence-corrected chi connectivity index (χ2v) is 6.70. The molecule has 0 radical (unpaired) electrons. The van der Waals surface area contributed by atoms with Gasteiger partial charge in [0, 0.05) is 45.5 Å². The first-order valence-electron chi connectivity index (χ1n) is 9.53. The van der Waals surface area contributed by atoms with Gasteiger partial charge in [0.2, 0.25) is 5.88 Å². The quantitative estimate of drug-likeness (QED) is 0.330. The summed E-state index contributed by atoms with van der Waals surface area (Å²) in [4.78, 5) is 8.33. The molecule has 0 atom stereocenters. The van der Waals surface area contributed by atoms with Crippen molar-refractivity contribution in [3.8, 4) is 11.6 Å². The number of rotatable bonds is 11. The third-order valence-corrected chi connectivity index (χ3v) is 4.29. The molecule has 0 spiro atoms. The zero-order chi connectivity index (χ0) is 20.9. The lowest BCUT2D eigenvalue weighted by atomic mass is 10.1. The molecule has 8 heteroatoms. The van der Waals surface area contributed by atoms with Crippen LogP contribution in [-0.2, 0) is 11.3 Å². The third-order valence-electron chi connectivity index (χ3n) is 4.00. The van der Waals surface area contributed by atoms with Gasteiger partial charge in [-0.3, -0.25) is 4.99 Å². The van der Waals surface area contributed by atoms with Crippen LogP contribution in [0.15, 0.2) is 41.5 Å². The molecular weight excluding hydrogens is 392 g/mol. The molecule has 0 saturated heterocycles. The minimum absolute atomic E-state index is 0.413. The highest BCUT2D eigenvalue weighted by atomic mass is 35.5. The number of nitrogens with zero attached hydrogens (tertiary/aromatic N) is 2. The second kappa shape index (κ2) is 12.9. The maximum absolute atomic E-state index is 6.03. The van der Waals surface area contributed by atoms with Gasteiger partial charge in [-0.05, 0) is 30.7 Å². The molecule has 2 aromatic rings. The number of guanidine groups is 1. The van der Waals surface area contributed by atoms with Gasteiger partial charge < -0.3 is 24.8 Å². The number of benzene rings is 1. The molecule has 7 nitrogen and oxygen atoms in total. The molecule has 29 heavy (non-hydrogen) atoms. The van der Waals surface area contributed by atoms with E-state index >= 15 is 0 Å². The SMILES string of the molecule is CN=C(NCCOc1ncccc1Cl)NCc1ccc(C)cc1OCCCOC. The third kappa shape index (κ3) is 8.17. The van der Waals surface area contributed by atoms with E-state index in [1.54, 1.807) is 32.5 Å². The number of aromatic nitrogens is 1.